The highest BCUT2D eigenvalue weighted by Crippen LogP contribution is 2.32. The third-order valence-electron chi connectivity index (χ3n) is 3.38. The van der Waals surface area contributed by atoms with Crippen molar-refractivity contribution in [2.45, 2.75) is 0 Å². The van der Waals surface area contributed by atoms with Gasteiger partial charge in [0.15, 0.2) is 0 Å². The number of fused-ring (bicyclic) bond motifs is 1. The summed E-state index contributed by atoms with van der Waals surface area (Å²) >= 11 is 6.13. The molecule has 0 atom stereocenters. The van der Waals surface area contributed by atoms with Gasteiger partial charge in [0, 0.05) is 29.4 Å². The van der Waals surface area contributed by atoms with E-state index in [0.717, 1.165) is 16.6 Å². The minimum Gasteiger partial charge on any atom is -0.497 e. The number of non-ortho nitro benzene ring substituents is 1. The number of anilines is 2. The van der Waals surface area contributed by atoms with Crippen molar-refractivity contribution >= 4 is 39.6 Å². The highest BCUT2D eigenvalue weighted by molar-refractivity contribution is 6.33. The number of nitrogens with one attached hydrogen (secondary N) is 1. The van der Waals surface area contributed by atoms with Gasteiger partial charge < -0.3 is 10.1 Å². The fourth-order valence-corrected chi connectivity index (χ4v) is 2.45. The Balaban J connectivity index is 2.03. The number of benzene rings is 2. The van der Waals surface area contributed by atoms with Crippen LogP contribution in [0.25, 0.3) is 10.9 Å². The molecular formula is C16H12ClN3O3. The monoisotopic (exact) mass is 329 g/mol. The quantitative estimate of drug-likeness (QED) is 0.561. The van der Waals surface area contributed by atoms with Gasteiger partial charge >= 0.3 is 0 Å². The summed E-state index contributed by atoms with van der Waals surface area (Å²) in [5.74, 6) is 0.711. The van der Waals surface area contributed by atoms with Crippen molar-refractivity contribution in [3.05, 3.63) is 63.8 Å². The second-order valence-electron chi connectivity index (χ2n) is 4.79. The first-order chi connectivity index (χ1) is 11.1. The van der Waals surface area contributed by atoms with Crippen molar-refractivity contribution < 1.29 is 9.66 Å². The first-order valence-electron chi connectivity index (χ1n) is 6.72. The number of ether oxygens (including phenoxy) is 1. The van der Waals surface area contributed by atoms with E-state index in [2.05, 4.69) is 10.3 Å². The van der Waals surface area contributed by atoms with Crippen LogP contribution in [0.3, 0.4) is 0 Å². The summed E-state index contributed by atoms with van der Waals surface area (Å²) in [6, 6.07) is 11.6. The number of nitro groups is 1. The molecule has 1 N–H and O–H groups in total. The molecule has 0 aliphatic rings. The summed E-state index contributed by atoms with van der Waals surface area (Å²) in [6.45, 7) is 0. The molecule has 0 amide bonds. The molecule has 7 heteroatoms. The van der Waals surface area contributed by atoms with Crippen molar-refractivity contribution in [2.24, 2.45) is 0 Å². The van der Waals surface area contributed by atoms with E-state index in [1.807, 2.05) is 18.2 Å². The zero-order valence-electron chi connectivity index (χ0n) is 12.1. The number of hydrogen-bond acceptors (Lipinski definition) is 5. The highest BCUT2D eigenvalue weighted by atomic mass is 35.5. The van der Waals surface area contributed by atoms with Crippen molar-refractivity contribution in [1.82, 2.24) is 4.98 Å². The lowest BCUT2D eigenvalue weighted by Gasteiger charge is -2.11. The van der Waals surface area contributed by atoms with Crippen LogP contribution in [0.2, 0.25) is 5.02 Å². The Hall–Kier alpha value is -2.86. The fraction of sp³-hybridized carbons (Fsp3) is 0.0625. The lowest BCUT2D eigenvalue weighted by Crippen LogP contribution is -1.95. The fourth-order valence-electron chi connectivity index (χ4n) is 2.23. The second-order valence-corrected chi connectivity index (χ2v) is 5.20. The molecule has 116 valence electrons. The van der Waals surface area contributed by atoms with Gasteiger partial charge in [-0.1, -0.05) is 11.6 Å². The summed E-state index contributed by atoms with van der Waals surface area (Å²) in [5.41, 5.74) is 2.10. The summed E-state index contributed by atoms with van der Waals surface area (Å²) in [6.07, 6.45) is 1.68. The molecule has 0 fully saturated rings. The van der Waals surface area contributed by atoms with E-state index in [0.29, 0.717) is 11.4 Å². The normalized spacial score (nSPS) is 10.5. The van der Waals surface area contributed by atoms with Gasteiger partial charge in [0.1, 0.15) is 5.75 Å². The molecule has 23 heavy (non-hydrogen) atoms. The highest BCUT2D eigenvalue weighted by Gasteiger charge is 2.11. The molecule has 1 heterocycles. The van der Waals surface area contributed by atoms with Crippen LogP contribution in [0.1, 0.15) is 0 Å². The maximum Gasteiger partial charge on any atom is 0.271 e. The van der Waals surface area contributed by atoms with Crippen molar-refractivity contribution in [1.29, 1.82) is 0 Å². The summed E-state index contributed by atoms with van der Waals surface area (Å²) in [5, 5.41) is 15.1. The Morgan fingerprint density at radius 1 is 1.17 bits per heavy atom. The van der Waals surface area contributed by atoms with E-state index in [1.165, 1.54) is 12.1 Å². The predicted octanol–water partition coefficient (Wildman–Crippen LogP) is 4.55. The molecule has 2 aromatic carbocycles. The van der Waals surface area contributed by atoms with Gasteiger partial charge in [-0.3, -0.25) is 15.1 Å². The number of hydrogen-bond donors (Lipinski definition) is 1. The molecule has 0 aliphatic carbocycles. The van der Waals surface area contributed by atoms with E-state index in [4.69, 9.17) is 16.3 Å². The van der Waals surface area contributed by atoms with Gasteiger partial charge in [-0.15, -0.1) is 0 Å². The maximum atomic E-state index is 10.8. The Morgan fingerprint density at radius 2 is 2.00 bits per heavy atom. The third-order valence-corrected chi connectivity index (χ3v) is 3.69. The molecule has 3 rings (SSSR count). The van der Waals surface area contributed by atoms with E-state index in [-0.39, 0.29) is 10.7 Å². The second kappa shape index (κ2) is 6.10. The Labute approximate surface area is 136 Å². The van der Waals surface area contributed by atoms with Crippen molar-refractivity contribution in [2.75, 3.05) is 12.4 Å². The Bertz CT molecular complexity index is 899. The molecule has 0 aliphatic heterocycles. The summed E-state index contributed by atoms with van der Waals surface area (Å²) in [7, 11) is 1.60. The number of halogens is 1. The molecule has 0 saturated heterocycles. The van der Waals surface area contributed by atoms with Crippen LogP contribution in [0.15, 0.2) is 48.7 Å². The number of pyridine rings is 1. The van der Waals surface area contributed by atoms with Gasteiger partial charge in [-0.05, 0) is 30.3 Å². The first kappa shape index (κ1) is 15.1. The molecule has 0 bridgehead atoms. The number of nitro benzene ring substituents is 1. The van der Waals surface area contributed by atoms with Gasteiger partial charge in [0.25, 0.3) is 5.69 Å². The molecule has 1 aromatic heterocycles. The van der Waals surface area contributed by atoms with E-state index in [1.54, 1.807) is 25.4 Å². The standard InChI is InChI=1S/C16H12ClN3O3/c1-23-11-3-5-14-12(9-11)15(6-7-18-14)19-16-4-2-10(20(21)22)8-13(16)17/h2-9H,1H3,(H,18,19). The van der Waals surface area contributed by atoms with Gasteiger partial charge in [-0.25, -0.2) is 0 Å². The number of aromatic nitrogens is 1. The van der Waals surface area contributed by atoms with Crippen LogP contribution in [-0.2, 0) is 0 Å². The average molecular weight is 330 g/mol. The largest absolute Gasteiger partial charge is 0.497 e. The smallest absolute Gasteiger partial charge is 0.271 e. The van der Waals surface area contributed by atoms with Crippen LogP contribution in [0, 0.1) is 10.1 Å². The first-order valence-corrected chi connectivity index (χ1v) is 7.10. The van der Waals surface area contributed by atoms with Gasteiger partial charge in [0.2, 0.25) is 0 Å². The Morgan fingerprint density at radius 3 is 2.70 bits per heavy atom. The predicted molar refractivity (Wildman–Crippen MR) is 89.7 cm³/mol. The number of methoxy groups -OCH3 is 1. The number of nitrogens with zero attached hydrogens (tertiary/aromatic N) is 2. The van der Waals surface area contributed by atoms with Crippen LogP contribution < -0.4 is 10.1 Å². The van der Waals surface area contributed by atoms with E-state index < -0.39 is 4.92 Å². The van der Waals surface area contributed by atoms with E-state index >= 15 is 0 Å². The van der Waals surface area contributed by atoms with Crippen LogP contribution >= 0.6 is 11.6 Å². The molecule has 0 unspecified atom stereocenters. The number of rotatable bonds is 4. The van der Waals surface area contributed by atoms with Crippen LogP contribution in [-0.4, -0.2) is 17.0 Å². The van der Waals surface area contributed by atoms with Crippen LogP contribution in [0.5, 0.6) is 5.75 Å². The summed E-state index contributed by atoms with van der Waals surface area (Å²) in [4.78, 5) is 14.6. The molecule has 0 radical (unpaired) electrons. The minimum atomic E-state index is -0.484. The SMILES string of the molecule is COc1ccc2nccc(Nc3ccc([N+](=O)[O-])cc3Cl)c2c1. The van der Waals surface area contributed by atoms with E-state index in [9.17, 15) is 10.1 Å². The minimum absolute atomic E-state index is 0.0539. The molecule has 6 nitrogen and oxygen atoms in total. The topological polar surface area (TPSA) is 77.3 Å². The van der Waals surface area contributed by atoms with Gasteiger partial charge in [-0.2, -0.15) is 0 Å². The third kappa shape index (κ3) is 3.02. The maximum absolute atomic E-state index is 10.8. The molecular weight excluding hydrogens is 318 g/mol. The van der Waals surface area contributed by atoms with Crippen molar-refractivity contribution in [3.8, 4) is 5.75 Å². The zero-order valence-corrected chi connectivity index (χ0v) is 12.9. The lowest BCUT2D eigenvalue weighted by molar-refractivity contribution is -0.384. The molecule has 0 saturated carbocycles. The average Bonchev–Trinajstić information content (AvgIpc) is 2.56. The van der Waals surface area contributed by atoms with Gasteiger partial charge in [0.05, 0.1) is 28.3 Å². The molecule has 3 aromatic rings. The zero-order chi connectivity index (χ0) is 16.4. The molecule has 0 spiro atoms. The van der Waals surface area contributed by atoms with Crippen molar-refractivity contribution in [3.63, 3.8) is 0 Å². The van der Waals surface area contributed by atoms with Crippen LogP contribution in [0.4, 0.5) is 17.1 Å². The summed E-state index contributed by atoms with van der Waals surface area (Å²) < 4.78 is 5.24. The Kier molecular flexibility index (Phi) is 3.99. The lowest BCUT2D eigenvalue weighted by atomic mass is 10.1.